The fourth-order valence-corrected chi connectivity index (χ4v) is 1.63. The van der Waals surface area contributed by atoms with Crippen molar-refractivity contribution in [2.24, 2.45) is 0 Å². The molecular weight excluding hydrogens is 346 g/mol. The summed E-state index contributed by atoms with van der Waals surface area (Å²) in [6.07, 6.45) is 0. The van der Waals surface area contributed by atoms with Crippen LogP contribution >= 0.6 is 38.5 Å². The number of carbonyl (C=O) groups is 1. The van der Waals surface area contributed by atoms with Gasteiger partial charge in [-0.2, -0.15) is 0 Å². The molecule has 0 saturated heterocycles. The summed E-state index contributed by atoms with van der Waals surface area (Å²) in [6, 6.07) is 5.10. The first-order valence-electron chi connectivity index (χ1n) is 2.80. The van der Waals surface area contributed by atoms with Crippen molar-refractivity contribution in [1.82, 2.24) is 0 Å². The minimum absolute atomic E-state index is 0. The fraction of sp³-hybridized carbons (Fsp3) is 0. The second-order valence-electron chi connectivity index (χ2n) is 1.91. The fourth-order valence-electron chi connectivity index (χ4n) is 0.669. The molecule has 60 valence electrons. The molecule has 0 aliphatic carbocycles. The van der Waals surface area contributed by atoms with E-state index in [4.69, 9.17) is 5.11 Å². The molecule has 0 aliphatic rings. The Kier molecular flexibility index (Phi) is 6.01. The van der Waals surface area contributed by atoms with Crippen molar-refractivity contribution in [3.05, 3.63) is 31.8 Å². The molecule has 0 atom stereocenters. The van der Waals surface area contributed by atoms with Gasteiger partial charge in [0.1, 0.15) is 0 Å². The number of carboxylic acids is 1. The molecule has 1 aromatic carbocycles. The molecule has 0 amide bonds. The van der Waals surface area contributed by atoms with Gasteiger partial charge in [0.2, 0.25) is 0 Å². The van der Waals surface area contributed by atoms with E-state index in [1.807, 2.05) is 28.7 Å². The van der Waals surface area contributed by atoms with Gasteiger partial charge in [0.25, 0.3) is 0 Å². The summed E-state index contributed by atoms with van der Waals surface area (Å²) in [5.41, 5.74) is 0.333. The Labute approximate surface area is 114 Å². The van der Waals surface area contributed by atoms with Crippen molar-refractivity contribution in [2.75, 3.05) is 0 Å². The van der Waals surface area contributed by atoms with Crippen LogP contribution in [0.4, 0.5) is 0 Å². The van der Waals surface area contributed by atoms with E-state index in [1.54, 1.807) is 12.1 Å². The number of halogens is 2. The molecule has 0 heterocycles. The Balaban J connectivity index is 0.00000121. The Morgan fingerprint density at radius 2 is 2.08 bits per heavy atom. The second-order valence-corrected chi connectivity index (χ2v) is 3.84. The number of aromatic carboxylic acids is 1. The van der Waals surface area contributed by atoms with E-state index in [-0.39, 0.29) is 29.6 Å². The van der Waals surface area contributed by atoms with Gasteiger partial charge in [-0.15, -0.1) is 0 Å². The quantitative estimate of drug-likeness (QED) is 0.622. The predicted octanol–water partition coefficient (Wildman–Crippen LogP) is 2.10. The topological polar surface area (TPSA) is 37.3 Å². The molecule has 1 N–H and O–H groups in total. The molecule has 0 bridgehead atoms. The average molecular weight is 351 g/mol. The van der Waals surface area contributed by atoms with E-state index < -0.39 is 5.97 Å². The van der Waals surface area contributed by atoms with Crippen LogP contribution in [0.3, 0.4) is 0 Å². The Morgan fingerprint density at radius 1 is 1.50 bits per heavy atom. The molecule has 0 fully saturated rings. The van der Waals surface area contributed by atoms with Crippen molar-refractivity contribution in [2.45, 2.75) is 0 Å². The molecule has 2 nitrogen and oxygen atoms in total. The maximum absolute atomic E-state index is 10.5. The summed E-state index contributed by atoms with van der Waals surface area (Å²) in [4.78, 5) is 10.5. The summed E-state index contributed by atoms with van der Waals surface area (Å²) >= 11 is 5.24. The Hall–Kier alpha value is 0.900. The molecular formula is C7H5BrINaO2. The molecule has 1 rings (SSSR count). The molecule has 0 saturated carbocycles. The van der Waals surface area contributed by atoms with E-state index in [0.717, 1.165) is 8.04 Å². The van der Waals surface area contributed by atoms with Crippen LogP contribution in [0.2, 0.25) is 0 Å². The first-order valence-corrected chi connectivity index (χ1v) is 4.67. The Morgan fingerprint density at radius 3 is 2.50 bits per heavy atom. The van der Waals surface area contributed by atoms with E-state index in [9.17, 15) is 4.79 Å². The first kappa shape index (κ1) is 12.9. The van der Waals surface area contributed by atoms with Crippen LogP contribution < -0.4 is 0 Å². The molecule has 0 radical (unpaired) electrons. The third kappa shape index (κ3) is 2.99. The predicted molar refractivity (Wildman–Crippen MR) is 61.0 cm³/mol. The summed E-state index contributed by atoms with van der Waals surface area (Å²) in [7, 11) is 0. The van der Waals surface area contributed by atoms with Gasteiger partial charge in [0, 0.05) is 8.04 Å². The number of carboxylic acid groups (broad SMARTS) is 1. The van der Waals surface area contributed by atoms with E-state index in [0.29, 0.717) is 5.56 Å². The van der Waals surface area contributed by atoms with Gasteiger partial charge in [-0.3, -0.25) is 0 Å². The summed E-state index contributed by atoms with van der Waals surface area (Å²) in [5, 5.41) is 8.66. The SMILES string of the molecule is O=C(O)c1cccc(Br)c1I.[NaH]. The molecule has 0 spiro atoms. The first-order chi connectivity index (χ1) is 5.13. The Bertz CT molecular complexity index is 303. The standard InChI is InChI=1S/C7H4BrIO2.Na.H/c8-5-3-1-2-4(6(5)9)7(10)11;;/h1-3H,(H,10,11);;. The normalized spacial score (nSPS) is 8.83. The zero-order chi connectivity index (χ0) is 8.43. The van der Waals surface area contributed by atoms with Crippen molar-refractivity contribution in [3.8, 4) is 0 Å². The van der Waals surface area contributed by atoms with Gasteiger partial charge >= 0.3 is 35.5 Å². The van der Waals surface area contributed by atoms with Crippen molar-refractivity contribution in [1.29, 1.82) is 0 Å². The minimum atomic E-state index is -0.893. The van der Waals surface area contributed by atoms with Crippen molar-refractivity contribution in [3.63, 3.8) is 0 Å². The molecule has 0 aliphatic heterocycles. The van der Waals surface area contributed by atoms with Gasteiger partial charge in [0.15, 0.2) is 0 Å². The van der Waals surface area contributed by atoms with Crippen LogP contribution in [-0.2, 0) is 0 Å². The summed E-state index contributed by atoms with van der Waals surface area (Å²) < 4.78 is 1.55. The number of benzene rings is 1. The summed E-state index contributed by atoms with van der Waals surface area (Å²) in [6.45, 7) is 0. The van der Waals surface area contributed by atoms with E-state index >= 15 is 0 Å². The van der Waals surface area contributed by atoms with E-state index in [2.05, 4.69) is 15.9 Å². The number of hydrogen-bond acceptors (Lipinski definition) is 1. The summed E-state index contributed by atoms with van der Waals surface area (Å²) in [5.74, 6) is -0.893. The maximum atomic E-state index is 10.5. The second kappa shape index (κ2) is 5.59. The van der Waals surface area contributed by atoms with Gasteiger partial charge < -0.3 is 5.11 Å². The molecule has 1 aromatic rings. The zero-order valence-electron chi connectivity index (χ0n) is 5.34. The van der Waals surface area contributed by atoms with Crippen LogP contribution in [0, 0.1) is 3.57 Å². The monoisotopic (exact) mass is 350 g/mol. The third-order valence-corrected chi connectivity index (χ3v) is 3.75. The molecule has 0 unspecified atom stereocenters. The van der Waals surface area contributed by atoms with Gasteiger partial charge in [-0.1, -0.05) is 6.07 Å². The van der Waals surface area contributed by atoms with Crippen molar-refractivity contribution < 1.29 is 9.90 Å². The van der Waals surface area contributed by atoms with Crippen LogP contribution in [0.5, 0.6) is 0 Å². The van der Waals surface area contributed by atoms with Crippen LogP contribution in [0.1, 0.15) is 10.4 Å². The van der Waals surface area contributed by atoms with E-state index in [1.165, 1.54) is 0 Å². The van der Waals surface area contributed by atoms with Crippen molar-refractivity contribution >= 4 is 74.0 Å². The van der Waals surface area contributed by atoms with Crippen LogP contribution in [0.25, 0.3) is 0 Å². The average Bonchev–Trinajstić information content (AvgIpc) is 1.94. The van der Waals surface area contributed by atoms with Gasteiger partial charge in [0.05, 0.1) is 5.56 Å². The third-order valence-electron chi connectivity index (χ3n) is 1.18. The van der Waals surface area contributed by atoms with Crippen LogP contribution in [-0.4, -0.2) is 40.6 Å². The van der Waals surface area contributed by atoms with Crippen LogP contribution in [0.15, 0.2) is 22.7 Å². The number of rotatable bonds is 1. The van der Waals surface area contributed by atoms with Gasteiger partial charge in [-0.05, 0) is 50.7 Å². The van der Waals surface area contributed by atoms with Gasteiger partial charge in [-0.25, -0.2) is 4.79 Å². The zero-order valence-corrected chi connectivity index (χ0v) is 9.09. The number of hydrogen-bond donors (Lipinski definition) is 1. The molecule has 0 aromatic heterocycles. The molecule has 12 heavy (non-hydrogen) atoms. The molecule has 5 heteroatoms.